The summed E-state index contributed by atoms with van der Waals surface area (Å²) in [5, 5.41) is 0. The Bertz CT molecular complexity index is 452. The fourth-order valence-electron chi connectivity index (χ4n) is 2.05. The number of carbonyl (C=O) groups excluding carboxylic acids is 1. The molecule has 3 N–H and O–H groups in total. The highest BCUT2D eigenvalue weighted by Gasteiger charge is 2.18. The van der Waals surface area contributed by atoms with Gasteiger partial charge in [0.1, 0.15) is 0 Å². The van der Waals surface area contributed by atoms with Crippen LogP contribution in [-0.2, 0) is 9.47 Å². The van der Waals surface area contributed by atoms with Crippen LogP contribution >= 0.6 is 0 Å². The van der Waals surface area contributed by atoms with Crippen LogP contribution in [0.4, 0.5) is 5.69 Å². The Kier molecular flexibility index (Phi) is 7.74. The van der Waals surface area contributed by atoms with E-state index in [2.05, 4.69) is 5.43 Å². The number of hydrogen-bond donors (Lipinski definition) is 2. The highest BCUT2D eigenvalue weighted by Crippen LogP contribution is 2.18. The number of hydrogen-bond acceptors (Lipinski definition) is 5. The molecule has 118 valence electrons. The standard InChI is InChI=1S/C15H25N3O3/c1-12-5-6-14(17-16)13(11-12)15(19)18(8-10-21-3)7-4-9-20-2/h5-6,11,17H,4,7-10,16H2,1-3H3. The molecule has 1 rings (SSSR count). The van der Waals surface area contributed by atoms with Crippen molar-refractivity contribution >= 4 is 11.6 Å². The third kappa shape index (κ3) is 5.34. The van der Waals surface area contributed by atoms with Gasteiger partial charge in [-0.25, -0.2) is 0 Å². The molecule has 0 aliphatic heterocycles. The van der Waals surface area contributed by atoms with Crippen LogP contribution in [-0.4, -0.2) is 51.3 Å². The molecule has 0 bridgehead atoms. The van der Waals surface area contributed by atoms with Crippen molar-refractivity contribution in [2.45, 2.75) is 13.3 Å². The van der Waals surface area contributed by atoms with Gasteiger partial charge < -0.3 is 19.8 Å². The van der Waals surface area contributed by atoms with E-state index in [-0.39, 0.29) is 5.91 Å². The second-order valence-corrected chi connectivity index (χ2v) is 4.82. The highest BCUT2D eigenvalue weighted by molar-refractivity contribution is 5.99. The van der Waals surface area contributed by atoms with Gasteiger partial charge in [0.25, 0.3) is 5.91 Å². The van der Waals surface area contributed by atoms with Crippen LogP contribution in [0.3, 0.4) is 0 Å². The minimum absolute atomic E-state index is 0.0557. The summed E-state index contributed by atoms with van der Waals surface area (Å²) in [6.07, 6.45) is 0.781. The summed E-state index contributed by atoms with van der Waals surface area (Å²) in [5.41, 5.74) is 4.79. The lowest BCUT2D eigenvalue weighted by Crippen LogP contribution is -2.36. The Labute approximate surface area is 126 Å². The molecule has 0 unspecified atom stereocenters. The van der Waals surface area contributed by atoms with E-state index in [1.54, 1.807) is 19.1 Å². The van der Waals surface area contributed by atoms with Crippen molar-refractivity contribution in [1.29, 1.82) is 0 Å². The minimum atomic E-state index is -0.0557. The molecule has 1 aromatic carbocycles. The van der Waals surface area contributed by atoms with Crippen molar-refractivity contribution in [3.8, 4) is 0 Å². The Balaban J connectivity index is 2.89. The molecule has 21 heavy (non-hydrogen) atoms. The van der Waals surface area contributed by atoms with E-state index in [4.69, 9.17) is 15.3 Å². The van der Waals surface area contributed by atoms with Gasteiger partial charge in [0.2, 0.25) is 0 Å². The number of ether oxygens (including phenoxy) is 2. The van der Waals surface area contributed by atoms with Gasteiger partial charge in [0, 0.05) is 33.9 Å². The molecule has 0 aromatic heterocycles. The molecule has 6 nitrogen and oxygen atoms in total. The zero-order valence-electron chi connectivity index (χ0n) is 13.0. The second kappa shape index (κ2) is 9.33. The number of anilines is 1. The average molecular weight is 295 g/mol. The largest absolute Gasteiger partial charge is 0.385 e. The molecule has 0 spiro atoms. The van der Waals surface area contributed by atoms with Crippen molar-refractivity contribution in [2.75, 3.05) is 45.9 Å². The van der Waals surface area contributed by atoms with Gasteiger partial charge in [0.05, 0.1) is 17.9 Å². The van der Waals surface area contributed by atoms with Crippen molar-refractivity contribution in [1.82, 2.24) is 4.90 Å². The summed E-state index contributed by atoms with van der Waals surface area (Å²) in [5.74, 6) is 5.44. The zero-order chi connectivity index (χ0) is 15.7. The van der Waals surface area contributed by atoms with E-state index in [0.29, 0.717) is 37.6 Å². The SMILES string of the molecule is COCCCN(CCOC)C(=O)c1cc(C)ccc1NN. The first kappa shape index (κ1) is 17.4. The molecule has 0 fully saturated rings. The lowest BCUT2D eigenvalue weighted by Gasteiger charge is -2.23. The maximum atomic E-state index is 12.7. The number of nitrogens with one attached hydrogen (secondary N) is 1. The molecule has 0 aliphatic rings. The van der Waals surface area contributed by atoms with E-state index >= 15 is 0 Å². The Morgan fingerprint density at radius 2 is 1.95 bits per heavy atom. The van der Waals surface area contributed by atoms with E-state index in [1.165, 1.54) is 0 Å². The quantitative estimate of drug-likeness (QED) is 0.409. The van der Waals surface area contributed by atoms with Gasteiger partial charge in [-0.2, -0.15) is 0 Å². The predicted molar refractivity (Wildman–Crippen MR) is 83.3 cm³/mol. The van der Waals surface area contributed by atoms with Crippen LogP contribution in [0.25, 0.3) is 0 Å². The van der Waals surface area contributed by atoms with Gasteiger partial charge in [-0.3, -0.25) is 10.6 Å². The number of nitrogens with two attached hydrogens (primary N) is 1. The summed E-state index contributed by atoms with van der Waals surface area (Å²) in [6, 6.07) is 5.57. The maximum Gasteiger partial charge on any atom is 0.256 e. The molecule has 0 heterocycles. The van der Waals surface area contributed by atoms with E-state index in [1.807, 2.05) is 25.1 Å². The molecule has 0 saturated carbocycles. The first-order valence-electron chi connectivity index (χ1n) is 6.98. The van der Waals surface area contributed by atoms with Crippen LogP contribution in [0.1, 0.15) is 22.3 Å². The lowest BCUT2D eigenvalue weighted by atomic mass is 10.1. The Morgan fingerprint density at radius 1 is 1.24 bits per heavy atom. The number of carbonyl (C=O) groups is 1. The Morgan fingerprint density at radius 3 is 2.57 bits per heavy atom. The second-order valence-electron chi connectivity index (χ2n) is 4.82. The molecule has 0 radical (unpaired) electrons. The van der Waals surface area contributed by atoms with E-state index in [0.717, 1.165) is 12.0 Å². The number of benzene rings is 1. The number of aryl methyl sites for hydroxylation is 1. The highest BCUT2D eigenvalue weighted by atomic mass is 16.5. The smallest absolute Gasteiger partial charge is 0.256 e. The van der Waals surface area contributed by atoms with Gasteiger partial charge in [-0.1, -0.05) is 11.6 Å². The summed E-state index contributed by atoms with van der Waals surface area (Å²) < 4.78 is 10.1. The van der Waals surface area contributed by atoms with Crippen molar-refractivity contribution in [3.05, 3.63) is 29.3 Å². The number of hydrazine groups is 1. The van der Waals surface area contributed by atoms with Gasteiger partial charge >= 0.3 is 0 Å². The first-order valence-corrected chi connectivity index (χ1v) is 6.98. The van der Waals surface area contributed by atoms with Crippen molar-refractivity contribution in [3.63, 3.8) is 0 Å². The van der Waals surface area contributed by atoms with Crippen LogP contribution in [0.2, 0.25) is 0 Å². The summed E-state index contributed by atoms with van der Waals surface area (Å²) in [6.45, 7) is 4.22. The molecule has 6 heteroatoms. The molecule has 1 aromatic rings. The molecule has 0 aliphatic carbocycles. The molecule has 0 atom stereocenters. The van der Waals surface area contributed by atoms with Gasteiger partial charge in [-0.05, 0) is 25.5 Å². The molecule has 0 saturated heterocycles. The Hall–Kier alpha value is -1.63. The summed E-state index contributed by atoms with van der Waals surface area (Å²) >= 11 is 0. The normalized spacial score (nSPS) is 10.5. The van der Waals surface area contributed by atoms with Crippen molar-refractivity contribution < 1.29 is 14.3 Å². The molecule has 1 amide bonds. The van der Waals surface area contributed by atoms with Crippen LogP contribution < -0.4 is 11.3 Å². The monoisotopic (exact) mass is 295 g/mol. The number of nitrogens with zero attached hydrogens (tertiary/aromatic N) is 1. The number of rotatable bonds is 9. The third-order valence-corrected chi connectivity index (χ3v) is 3.19. The minimum Gasteiger partial charge on any atom is -0.385 e. The first-order chi connectivity index (χ1) is 10.1. The van der Waals surface area contributed by atoms with E-state index < -0.39 is 0 Å². The van der Waals surface area contributed by atoms with E-state index in [9.17, 15) is 4.79 Å². The summed E-state index contributed by atoms with van der Waals surface area (Å²) in [4.78, 5) is 14.5. The zero-order valence-corrected chi connectivity index (χ0v) is 13.0. The van der Waals surface area contributed by atoms with Crippen LogP contribution in [0.15, 0.2) is 18.2 Å². The fourth-order valence-corrected chi connectivity index (χ4v) is 2.05. The van der Waals surface area contributed by atoms with Gasteiger partial charge in [-0.15, -0.1) is 0 Å². The lowest BCUT2D eigenvalue weighted by molar-refractivity contribution is 0.0675. The summed E-state index contributed by atoms with van der Waals surface area (Å²) in [7, 11) is 3.27. The third-order valence-electron chi connectivity index (χ3n) is 3.19. The number of nitrogen functional groups attached to an aromatic ring is 1. The number of amides is 1. The van der Waals surface area contributed by atoms with Crippen LogP contribution in [0.5, 0.6) is 0 Å². The molecular formula is C15H25N3O3. The fraction of sp³-hybridized carbons (Fsp3) is 0.533. The maximum absolute atomic E-state index is 12.7. The predicted octanol–water partition coefficient (Wildman–Crippen LogP) is 1.41. The van der Waals surface area contributed by atoms with Gasteiger partial charge in [0.15, 0.2) is 0 Å². The topological polar surface area (TPSA) is 76.8 Å². The average Bonchev–Trinajstić information content (AvgIpc) is 2.50. The molecular weight excluding hydrogens is 270 g/mol. The van der Waals surface area contributed by atoms with Crippen molar-refractivity contribution in [2.24, 2.45) is 5.84 Å². The van der Waals surface area contributed by atoms with Crippen LogP contribution in [0, 0.1) is 6.92 Å². The number of methoxy groups -OCH3 is 2.